The predicted octanol–water partition coefficient (Wildman–Crippen LogP) is 3.93. The van der Waals surface area contributed by atoms with Crippen molar-refractivity contribution in [1.82, 2.24) is 20.1 Å². The highest BCUT2D eigenvalue weighted by molar-refractivity contribution is 7.99. The Hall–Kier alpha value is -2.30. The maximum atomic E-state index is 12.3. The molecule has 2 rings (SSSR count). The molecule has 0 saturated heterocycles. The fourth-order valence-corrected chi connectivity index (χ4v) is 3.13. The summed E-state index contributed by atoms with van der Waals surface area (Å²) in [7, 11) is 0. The minimum atomic E-state index is -0.902. The first-order valence-electron chi connectivity index (χ1n) is 8.45. The number of rotatable bonds is 8. The number of nitrogens with one attached hydrogen (secondary N) is 1. The number of amides is 1. The number of nitrogens with zero attached hydrogens (tertiary/aromatic N) is 4. The van der Waals surface area contributed by atoms with Crippen molar-refractivity contribution in [2.45, 2.75) is 38.0 Å². The summed E-state index contributed by atoms with van der Waals surface area (Å²) < 4.78 is 1.89. The average molecular weight is 404 g/mol. The molecule has 0 bridgehead atoms. The minimum Gasteiger partial charge on any atom is -0.337 e. The highest BCUT2D eigenvalue weighted by Crippen LogP contribution is 2.25. The van der Waals surface area contributed by atoms with Gasteiger partial charge in [-0.05, 0) is 37.1 Å². The number of hydrogen-bond acceptors (Lipinski definition) is 5. The number of benzene rings is 1. The van der Waals surface area contributed by atoms with Crippen molar-refractivity contribution in [3.8, 4) is 17.5 Å². The van der Waals surface area contributed by atoms with Crippen molar-refractivity contribution in [1.29, 1.82) is 5.26 Å². The molecule has 6 nitrogen and oxygen atoms in total. The zero-order valence-corrected chi connectivity index (χ0v) is 17.1. The Balaban J connectivity index is 2.15. The van der Waals surface area contributed by atoms with Crippen LogP contribution in [0.1, 0.15) is 20.8 Å². The van der Waals surface area contributed by atoms with E-state index in [-0.39, 0.29) is 17.6 Å². The molecule has 8 heteroatoms. The molecule has 142 valence electrons. The lowest BCUT2D eigenvalue weighted by atomic mass is 9.90. The largest absolute Gasteiger partial charge is 0.337 e. The number of thioether (sulfide) groups is 1. The monoisotopic (exact) mass is 403 g/mol. The normalized spacial score (nSPS) is 13.0. The number of nitriles is 1. The summed E-state index contributed by atoms with van der Waals surface area (Å²) in [5, 5.41) is 21.8. The van der Waals surface area contributed by atoms with Crippen LogP contribution in [0.4, 0.5) is 0 Å². The van der Waals surface area contributed by atoms with E-state index in [1.54, 1.807) is 25.1 Å². The second-order valence-corrected chi connectivity index (χ2v) is 7.90. The van der Waals surface area contributed by atoms with Gasteiger partial charge in [-0.1, -0.05) is 43.3 Å². The Labute approximate surface area is 168 Å². The van der Waals surface area contributed by atoms with Crippen LogP contribution in [0, 0.1) is 17.2 Å². The number of aromatic nitrogens is 3. The summed E-state index contributed by atoms with van der Waals surface area (Å²) in [6.07, 6.45) is 1.75. The first-order chi connectivity index (χ1) is 12.8. The summed E-state index contributed by atoms with van der Waals surface area (Å²) in [6.45, 7) is 9.81. The van der Waals surface area contributed by atoms with Gasteiger partial charge >= 0.3 is 0 Å². The van der Waals surface area contributed by atoms with Crippen molar-refractivity contribution in [2.24, 2.45) is 5.92 Å². The van der Waals surface area contributed by atoms with Crippen LogP contribution >= 0.6 is 23.4 Å². The van der Waals surface area contributed by atoms with Crippen LogP contribution in [-0.4, -0.2) is 32.0 Å². The number of carbonyl (C=O) groups is 1. The maximum Gasteiger partial charge on any atom is 0.231 e. The molecule has 0 aliphatic rings. The van der Waals surface area contributed by atoms with Crippen LogP contribution in [0.3, 0.4) is 0 Å². The molecule has 1 aromatic carbocycles. The van der Waals surface area contributed by atoms with Gasteiger partial charge in [0.25, 0.3) is 0 Å². The predicted molar refractivity (Wildman–Crippen MR) is 108 cm³/mol. The van der Waals surface area contributed by atoms with Crippen LogP contribution in [0.25, 0.3) is 11.4 Å². The van der Waals surface area contributed by atoms with Gasteiger partial charge in [0.15, 0.2) is 11.0 Å². The SMILES string of the molecule is C=CCn1c(SCC(=O)N[C@@](C)(C#N)C(C)C)nnc1-c1ccc(Cl)cc1. The molecule has 1 N–H and O–H groups in total. The summed E-state index contributed by atoms with van der Waals surface area (Å²) in [5.41, 5.74) is -0.0251. The molecule has 0 saturated carbocycles. The molecule has 2 aromatic rings. The fraction of sp³-hybridized carbons (Fsp3) is 0.368. The van der Waals surface area contributed by atoms with E-state index in [2.05, 4.69) is 28.2 Å². The van der Waals surface area contributed by atoms with Crippen molar-refractivity contribution in [3.05, 3.63) is 41.9 Å². The molecular weight excluding hydrogens is 382 g/mol. The standard InChI is InChI=1S/C19H22ClN5OS/c1-5-10-25-17(14-6-8-15(20)9-7-14)23-24-18(25)27-11-16(26)22-19(4,12-21)13(2)3/h5-9,13H,1,10-11H2,2-4H3,(H,22,26)/t19-/m0/s1. The van der Waals surface area contributed by atoms with Gasteiger partial charge in [0.05, 0.1) is 11.8 Å². The van der Waals surface area contributed by atoms with Gasteiger partial charge in [0, 0.05) is 17.1 Å². The number of allylic oxidation sites excluding steroid dienone is 1. The topological polar surface area (TPSA) is 83.6 Å². The van der Waals surface area contributed by atoms with Crippen LogP contribution < -0.4 is 5.32 Å². The van der Waals surface area contributed by atoms with E-state index in [0.29, 0.717) is 22.5 Å². The van der Waals surface area contributed by atoms with Gasteiger partial charge in [-0.25, -0.2) is 0 Å². The summed E-state index contributed by atoms with van der Waals surface area (Å²) in [6, 6.07) is 9.49. The first kappa shape index (κ1) is 21.0. The Kier molecular flexibility index (Phi) is 7.05. The molecule has 27 heavy (non-hydrogen) atoms. The minimum absolute atomic E-state index is 0.00243. The fourth-order valence-electron chi connectivity index (χ4n) is 2.26. The molecule has 0 aliphatic heterocycles. The second kappa shape index (κ2) is 9.07. The van der Waals surface area contributed by atoms with E-state index in [1.807, 2.05) is 30.5 Å². The Morgan fingerprint density at radius 3 is 2.67 bits per heavy atom. The van der Waals surface area contributed by atoms with Crippen molar-refractivity contribution in [3.63, 3.8) is 0 Å². The second-order valence-electron chi connectivity index (χ2n) is 6.52. The lowest BCUT2D eigenvalue weighted by molar-refractivity contribution is -0.120. The smallest absolute Gasteiger partial charge is 0.231 e. The van der Waals surface area contributed by atoms with Gasteiger partial charge in [-0.3, -0.25) is 9.36 Å². The average Bonchev–Trinajstić information content (AvgIpc) is 3.03. The highest BCUT2D eigenvalue weighted by Gasteiger charge is 2.30. The van der Waals surface area contributed by atoms with Crippen LogP contribution in [0.2, 0.25) is 5.02 Å². The van der Waals surface area contributed by atoms with Gasteiger partial charge < -0.3 is 5.32 Å². The van der Waals surface area contributed by atoms with E-state index in [1.165, 1.54) is 11.8 Å². The van der Waals surface area contributed by atoms with E-state index in [4.69, 9.17) is 11.6 Å². The van der Waals surface area contributed by atoms with E-state index in [9.17, 15) is 10.1 Å². The van der Waals surface area contributed by atoms with E-state index >= 15 is 0 Å². The zero-order chi connectivity index (χ0) is 20.0. The molecule has 1 atom stereocenters. The third-order valence-electron chi connectivity index (χ3n) is 4.25. The van der Waals surface area contributed by atoms with Crippen LogP contribution in [0.15, 0.2) is 42.1 Å². The van der Waals surface area contributed by atoms with Crippen LogP contribution in [0.5, 0.6) is 0 Å². The van der Waals surface area contributed by atoms with Crippen molar-refractivity contribution >= 4 is 29.3 Å². The van der Waals surface area contributed by atoms with Gasteiger partial charge in [0.2, 0.25) is 5.91 Å². The molecule has 0 spiro atoms. The molecule has 1 aromatic heterocycles. The Morgan fingerprint density at radius 2 is 2.11 bits per heavy atom. The highest BCUT2D eigenvalue weighted by atomic mass is 35.5. The molecule has 0 aliphatic carbocycles. The zero-order valence-electron chi connectivity index (χ0n) is 15.6. The first-order valence-corrected chi connectivity index (χ1v) is 9.82. The quantitative estimate of drug-likeness (QED) is 0.533. The molecule has 1 amide bonds. The Morgan fingerprint density at radius 1 is 1.44 bits per heavy atom. The molecule has 0 radical (unpaired) electrons. The lowest BCUT2D eigenvalue weighted by Crippen LogP contribution is -2.49. The number of carbonyl (C=O) groups excluding carboxylic acids is 1. The van der Waals surface area contributed by atoms with Crippen molar-refractivity contribution in [2.75, 3.05) is 5.75 Å². The molecular formula is C19H22ClN5OS. The summed E-state index contributed by atoms with van der Waals surface area (Å²) in [4.78, 5) is 12.3. The third kappa shape index (κ3) is 5.12. The van der Waals surface area contributed by atoms with E-state index in [0.717, 1.165) is 5.56 Å². The van der Waals surface area contributed by atoms with Gasteiger partial charge in [0.1, 0.15) is 5.54 Å². The maximum absolute atomic E-state index is 12.3. The van der Waals surface area contributed by atoms with Gasteiger partial charge in [-0.2, -0.15) is 5.26 Å². The van der Waals surface area contributed by atoms with Crippen molar-refractivity contribution < 1.29 is 4.79 Å². The van der Waals surface area contributed by atoms with Gasteiger partial charge in [-0.15, -0.1) is 16.8 Å². The summed E-state index contributed by atoms with van der Waals surface area (Å²) >= 11 is 7.22. The lowest BCUT2D eigenvalue weighted by Gasteiger charge is -2.27. The number of hydrogen-bond donors (Lipinski definition) is 1. The Bertz CT molecular complexity index is 856. The molecule has 0 unspecified atom stereocenters. The molecule has 0 fully saturated rings. The van der Waals surface area contributed by atoms with E-state index < -0.39 is 5.54 Å². The number of halogens is 1. The summed E-state index contributed by atoms with van der Waals surface area (Å²) in [5.74, 6) is 0.592. The molecule has 1 heterocycles. The van der Waals surface area contributed by atoms with Crippen LogP contribution in [-0.2, 0) is 11.3 Å². The third-order valence-corrected chi connectivity index (χ3v) is 5.47.